The van der Waals surface area contributed by atoms with Gasteiger partial charge in [-0.15, -0.1) is 0 Å². The van der Waals surface area contributed by atoms with Crippen LogP contribution in [0.3, 0.4) is 0 Å². The number of ether oxygens (including phenoxy) is 1. The van der Waals surface area contributed by atoms with Crippen LogP contribution in [-0.2, 0) is 9.53 Å². The van der Waals surface area contributed by atoms with Crippen LogP contribution in [0.1, 0.15) is 133 Å². The van der Waals surface area contributed by atoms with Crippen LogP contribution in [0, 0.1) is 13.1 Å². The number of carboxylic acids is 1. The van der Waals surface area contributed by atoms with Crippen molar-refractivity contribution in [1.29, 1.82) is 0 Å². The highest BCUT2D eigenvalue weighted by atomic mass is 19.4. The molecule has 4 rings (SSSR count). The average molecular weight is 956 g/mol. The number of hydrogen-bond acceptors (Lipinski definition) is 8. The second-order valence-electron chi connectivity index (χ2n) is 14.9. The van der Waals surface area contributed by atoms with E-state index in [1.807, 2.05) is 0 Å². The van der Waals surface area contributed by atoms with Crippen molar-refractivity contribution >= 4 is 52.8 Å². The summed E-state index contributed by atoms with van der Waals surface area (Å²) in [5.41, 5.74) is 9.15. The Morgan fingerprint density at radius 3 is 0.986 bits per heavy atom. The second kappa shape index (κ2) is 31.8. The van der Waals surface area contributed by atoms with Crippen LogP contribution < -0.4 is 27.0 Å². The number of amides is 5. The van der Waals surface area contributed by atoms with Crippen LogP contribution in [0.25, 0.3) is 9.69 Å². The number of carboxylic acid groups (broad SMARTS) is 1. The first-order chi connectivity index (χ1) is 33.0. The fraction of sp³-hybridized carbons (Fsp3) is 0.340. The molecule has 0 aliphatic rings. The number of aliphatic carboxylic acids is 1. The molecule has 0 saturated carbocycles. The number of halogens is 3. The predicted molar refractivity (Wildman–Crippen MR) is 252 cm³/mol. The van der Waals surface area contributed by atoms with E-state index in [0.29, 0.717) is 77.5 Å². The van der Waals surface area contributed by atoms with Gasteiger partial charge >= 0.3 is 18.1 Å². The molecule has 0 spiro atoms. The molecule has 69 heavy (non-hydrogen) atoms. The molecule has 19 heteroatoms. The van der Waals surface area contributed by atoms with Crippen molar-refractivity contribution in [3.63, 3.8) is 0 Å². The number of esters is 1. The highest BCUT2D eigenvalue weighted by molar-refractivity contribution is 5.98. The minimum absolute atomic E-state index is 0.117. The van der Waals surface area contributed by atoms with Gasteiger partial charge in [0.2, 0.25) is 5.91 Å². The first-order valence-corrected chi connectivity index (χ1v) is 22.1. The lowest BCUT2D eigenvalue weighted by Gasteiger charge is -2.07. The molecule has 0 unspecified atom stereocenters. The lowest BCUT2D eigenvalue weighted by Crippen LogP contribution is -2.25. The van der Waals surface area contributed by atoms with E-state index in [0.717, 1.165) is 64.2 Å². The van der Waals surface area contributed by atoms with Crippen LogP contribution in [0.2, 0.25) is 0 Å². The van der Waals surface area contributed by atoms with Crippen molar-refractivity contribution in [2.24, 2.45) is 5.73 Å². The molecule has 5 amide bonds. The van der Waals surface area contributed by atoms with Crippen molar-refractivity contribution in [3.8, 4) is 0 Å². The highest BCUT2D eigenvalue weighted by Crippen LogP contribution is 2.15. The number of alkyl halides is 3. The quantitative estimate of drug-likeness (QED) is 0.0237. The van der Waals surface area contributed by atoms with Gasteiger partial charge in [-0.2, -0.15) is 13.2 Å². The molecule has 4 aromatic rings. The molecular formula is C50H56F3N7O9. The molecule has 4 aromatic carbocycles. The molecule has 0 bridgehead atoms. The number of nitrogens with zero attached hydrogens (tertiary/aromatic N) is 2. The molecule has 0 saturated heterocycles. The van der Waals surface area contributed by atoms with Crippen LogP contribution in [0.15, 0.2) is 97.1 Å². The third-order valence-electron chi connectivity index (χ3n) is 9.70. The first kappa shape index (κ1) is 57.1. The minimum Gasteiger partial charge on any atom is -0.475 e. The Balaban J connectivity index is 0.000000418. The Bertz CT molecular complexity index is 2290. The van der Waals surface area contributed by atoms with Gasteiger partial charge in [0.05, 0.1) is 25.3 Å². The van der Waals surface area contributed by atoms with E-state index in [9.17, 15) is 41.9 Å². The number of hydrogen-bond donors (Lipinski definition) is 6. The SMILES string of the molecule is CCOC(=O)c1ccc(C(=O)NCCCCCCCNC(=O)c2ccc(C(N)=O)cc2)cc1.O=C(O)C(F)(F)F.[C-]#[N+]c1ccc(C(=O)NCCCCCCCNC(=O)c2ccc([N+]#[C-])cc2)cc1. The zero-order valence-electron chi connectivity index (χ0n) is 38.2. The molecule has 0 fully saturated rings. The lowest BCUT2D eigenvalue weighted by molar-refractivity contribution is -0.192. The minimum atomic E-state index is -5.08. The number of primary amides is 1. The summed E-state index contributed by atoms with van der Waals surface area (Å²) in [4.78, 5) is 86.4. The number of benzene rings is 4. The molecule has 0 aromatic heterocycles. The number of carbonyl (C=O) groups is 7. The van der Waals surface area contributed by atoms with E-state index in [-0.39, 0.29) is 23.6 Å². The molecule has 0 aliphatic carbocycles. The van der Waals surface area contributed by atoms with Gasteiger partial charge in [0.25, 0.3) is 23.6 Å². The summed E-state index contributed by atoms with van der Waals surface area (Å²) in [6.45, 7) is 18.3. The van der Waals surface area contributed by atoms with E-state index >= 15 is 0 Å². The van der Waals surface area contributed by atoms with E-state index in [4.69, 9.17) is 33.5 Å². The smallest absolute Gasteiger partial charge is 0.475 e. The normalized spacial score (nSPS) is 10.2. The maximum absolute atomic E-state index is 12.2. The van der Waals surface area contributed by atoms with Crippen molar-refractivity contribution in [2.45, 2.75) is 77.3 Å². The fourth-order valence-corrected chi connectivity index (χ4v) is 5.91. The molecule has 366 valence electrons. The zero-order valence-corrected chi connectivity index (χ0v) is 38.2. The number of unbranched alkanes of at least 4 members (excludes halogenated alkanes) is 8. The van der Waals surface area contributed by atoms with Crippen LogP contribution in [0.4, 0.5) is 24.5 Å². The van der Waals surface area contributed by atoms with Gasteiger partial charge in [0.15, 0.2) is 11.4 Å². The monoisotopic (exact) mass is 955 g/mol. The zero-order chi connectivity index (χ0) is 51.0. The molecule has 0 atom stereocenters. The average Bonchev–Trinajstić information content (AvgIpc) is 3.35. The number of rotatable bonds is 23. The summed E-state index contributed by atoms with van der Waals surface area (Å²) < 4.78 is 36.7. The van der Waals surface area contributed by atoms with Gasteiger partial charge in [-0.25, -0.2) is 19.3 Å². The maximum atomic E-state index is 12.2. The van der Waals surface area contributed by atoms with E-state index < -0.39 is 24.0 Å². The van der Waals surface area contributed by atoms with Gasteiger partial charge in [0.1, 0.15) is 0 Å². The van der Waals surface area contributed by atoms with Crippen LogP contribution >= 0.6 is 0 Å². The standard InChI is InChI=1S/C25H31N3O5.C23H24N4O2.C2HF3O2/c1-2-33-25(32)21-14-12-20(13-15-21)24(31)28-17-7-5-3-4-6-16-27-23(30)19-10-8-18(9-11-19)22(26)29;1-24-20-12-8-18(9-13-20)22(28)26-16-6-4-3-5-7-17-27-23(29)19-10-14-21(25-2)15-11-19;3-2(4,5)1(6)7/h8-15H,2-7,16-17H2,1H3,(H2,26,29)(H,27,30)(H,28,31);8-15H,3-7,16-17H2,(H,26,28)(H,27,29);(H,6,7). The van der Waals surface area contributed by atoms with Gasteiger partial charge in [-0.3, -0.25) is 24.0 Å². The molecule has 7 N–H and O–H groups in total. The maximum Gasteiger partial charge on any atom is 0.490 e. The van der Waals surface area contributed by atoms with E-state index in [1.165, 1.54) is 12.1 Å². The Morgan fingerprint density at radius 2 is 0.739 bits per heavy atom. The lowest BCUT2D eigenvalue weighted by atomic mass is 10.1. The molecule has 0 radical (unpaired) electrons. The molecule has 0 aliphatic heterocycles. The summed E-state index contributed by atoms with van der Waals surface area (Å²) in [7, 11) is 0. The number of nitrogens with two attached hydrogens (primary N) is 1. The topological polar surface area (TPSA) is 232 Å². The number of nitrogens with one attached hydrogen (secondary N) is 4. The summed E-state index contributed by atoms with van der Waals surface area (Å²) >= 11 is 0. The van der Waals surface area contributed by atoms with Gasteiger partial charge in [-0.05, 0) is 81.1 Å². The highest BCUT2D eigenvalue weighted by Gasteiger charge is 2.38. The predicted octanol–water partition coefficient (Wildman–Crippen LogP) is 8.60. The summed E-state index contributed by atoms with van der Waals surface area (Å²) in [6, 6.07) is 25.9. The van der Waals surface area contributed by atoms with Crippen molar-refractivity contribution in [2.75, 3.05) is 32.8 Å². The summed E-state index contributed by atoms with van der Waals surface area (Å²) in [5, 5.41) is 18.6. The molecule has 16 nitrogen and oxygen atoms in total. The number of carbonyl (C=O) groups excluding carboxylic acids is 6. The fourth-order valence-electron chi connectivity index (χ4n) is 5.91. The van der Waals surface area contributed by atoms with Crippen molar-refractivity contribution in [3.05, 3.63) is 153 Å². The van der Waals surface area contributed by atoms with Crippen LogP contribution in [-0.4, -0.2) is 85.5 Å². The first-order valence-electron chi connectivity index (χ1n) is 22.1. The second-order valence-corrected chi connectivity index (χ2v) is 14.9. The third-order valence-corrected chi connectivity index (χ3v) is 9.70. The van der Waals surface area contributed by atoms with E-state index in [2.05, 4.69) is 31.0 Å². The van der Waals surface area contributed by atoms with Crippen molar-refractivity contribution < 1.29 is 56.6 Å². The Hall–Kier alpha value is -8.06. The molecular weight excluding hydrogens is 900 g/mol. The van der Waals surface area contributed by atoms with Crippen molar-refractivity contribution in [1.82, 2.24) is 21.3 Å². The van der Waals surface area contributed by atoms with Gasteiger partial charge in [0, 0.05) is 54.0 Å². The van der Waals surface area contributed by atoms with E-state index in [1.54, 1.807) is 91.9 Å². The summed E-state index contributed by atoms with van der Waals surface area (Å²) in [5.74, 6) is -4.26. The largest absolute Gasteiger partial charge is 0.490 e. The Kier molecular flexibility index (Phi) is 26.3. The third kappa shape index (κ3) is 23.3. The Labute approximate surface area is 398 Å². The van der Waals surface area contributed by atoms with Gasteiger partial charge in [-0.1, -0.05) is 87.1 Å². The van der Waals surface area contributed by atoms with Crippen LogP contribution in [0.5, 0.6) is 0 Å². The Morgan fingerprint density at radius 1 is 0.493 bits per heavy atom. The van der Waals surface area contributed by atoms with Gasteiger partial charge < -0.3 is 36.8 Å². The summed E-state index contributed by atoms with van der Waals surface area (Å²) in [6.07, 6.45) is 4.51. The molecule has 0 heterocycles.